The van der Waals surface area contributed by atoms with Gasteiger partial charge in [0.2, 0.25) is 0 Å². The highest BCUT2D eigenvalue weighted by Crippen LogP contribution is 2.39. The maximum atomic E-state index is 12.7. The molecule has 0 radical (unpaired) electrons. The largest absolute Gasteiger partial charge is 0.486 e. The third-order valence-electron chi connectivity index (χ3n) is 2.07. The Kier molecular flexibility index (Phi) is 2.86. The SMILES string of the molecule is O=S(=O)(F)C1=Cc2ccc(Cl)c(Cl)c2OC1. The van der Waals surface area contributed by atoms with Gasteiger partial charge in [0.15, 0.2) is 0 Å². The van der Waals surface area contributed by atoms with Crippen molar-refractivity contribution in [2.75, 3.05) is 6.61 Å². The number of rotatable bonds is 1. The molecule has 16 heavy (non-hydrogen) atoms. The van der Waals surface area contributed by atoms with E-state index in [-0.39, 0.29) is 17.4 Å². The molecule has 0 fully saturated rings. The van der Waals surface area contributed by atoms with Crippen molar-refractivity contribution in [2.45, 2.75) is 0 Å². The minimum absolute atomic E-state index is 0.186. The Morgan fingerprint density at radius 2 is 2.00 bits per heavy atom. The summed E-state index contributed by atoms with van der Waals surface area (Å²) in [5.74, 6) is 0.265. The number of ether oxygens (including phenoxy) is 1. The Balaban J connectivity index is 2.59. The topological polar surface area (TPSA) is 43.4 Å². The lowest BCUT2D eigenvalue weighted by atomic mass is 10.1. The zero-order chi connectivity index (χ0) is 11.9. The van der Waals surface area contributed by atoms with E-state index in [1.165, 1.54) is 18.2 Å². The van der Waals surface area contributed by atoms with Crippen LogP contribution in [0.25, 0.3) is 6.08 Å². The fraction of sp³-hybridized carbons (Fsp3) is 0.111. The van der Waals surface area contributed by atoms with Gasteiger partial charge in [-0.1, -0.05) is 23.2 Å². The van der Waals surface area contributed by atoms with Crippen LogP contribution < -0.4 is 4.74 Å². The third kappa shape index (κ3) is 2.03. The number of hydrogen-bond donors (Lipinski definition) is 0. The summed E-state index contributed by atoms with van der Waals surface area (Å²) in [4.78, 5) is -0.432. The summed E-state index contributed by atoms with van der Waals surface area (Å²) < 4.78 is 39.1. The van der Waals surface area contributed by atoms with E-state index in [9.17, 15) is 12.3 Å². The summed E-state index contributed by atoms with van der Waals surface area (Å²) in [5.41, 5.74) is 0.386. The molecule has 0 amide bonds. The molecule has 0 saturated heterocycles. The molecule has 2 rings (SSSR count). The average Bonchev–Trinajstić information content (AvgIpc) is 2.22. The Hall–Kier alpha value is -0.780. The number of halogens is 3. The lowest BCUT2D eigenvalue weighted by Crippen LogP contribution is -2.12. The molecule has 0 aromatic heterocycles. The molecule has 0 aliphatic carbocycles. The summed E-state index contributed by atoms with van der Waals surface area (Å²) in [6.45, 7) is -0.383. The van der Waals surface area contributed by atoms with Crippen LogP contribution in [0.2, 0.25) is 10.0 Å². The molecule has 1 aliphatic rings. The summed E-state index contributed by atoms with van der Waals surface area (Å²) in [6, 6.07) is 2.99. The van der Waals surface area contributed by atoms with Crippen LogP contribution in [0.1, 0.15) is 5.56 Å². The van der Waals surface area contributed by atoms with Crippen molar-refractivity contribution >= 4 is 39.5 Å². The lowest BCUT2D eigenvalue weighted by Gasteiger charge is -2.17. The second kappa shape index (κ2) is 3.91. The molecule has 0 unspecified atom stereocenters. The lowest BCUT2D eigenvalue weighted by molar-refractivity contribution is 0.352. The van der Waals surface area contributed by atoms with Gasteiger partial charge in [-0.2, -0.15) is 8.42 Å². The predicted molar refractivity (Wildman–Crippen MR) is 60.0 cm³/mol. The van der Waals surface area contributed by atoms with Gasteiger partial charge in [0.25, 0.3) is 0 Å². The molecule has 3 nitrogen and oxygen atoms in total. The minimum Gasteiger partial charge on any atom is -0.486 e. The maximum Gasteiger partial charge on any atom is 0.331 e. The van der Waals surface area contributed by atoms with Gasteiger partial charge in [0.1, 0.15) is 22.3 Å². The first-order valence-electron chi connectivity index (χ1n) is 4.15. The van der Waals surface area contributed by atoms with E-state index in [0.717, 1.165) is 0 Å². The van der Waals surface area contributed by atoms with Crippen LogP contribution >= 0.6 is 23.2 Å². The van der Waals surface area contributed by atoms with Crippen molar-refractivity contribution in [3.63, 3.8) is 0 Å². The molecule has 1 heterocycles. The van der Waals surface area contributed by atoms with Gasteiger partial charge in [-0.3, -0.25) is 0 Å². The first-order valence-corrected chi connectivity index (χ1v) is 6.29. The van der Waals surface area contributed by atoms with Gasteiger partial charge in [0, 0.05) is 5.56 Å². The van der Waals surface area contributed by atoms with Crippen LogP contribution in [0.3, 0.4) is 0 Å². The van der Waals surface area contributed by atoms with Gasteiger partial charge >= 0.3 is 10.2 Å². The van der Waals surface area contributed by atoms with E-state index in [2.05, 4.69) is 0 Å². The van der Waals surface area contributed by atoms with E-state index < -0.39 is 15.1 Å². The van der Waals surface area contributed by atoms with Gasteiger partial charge in [-0.25, -0.2) is 0 Å². The van der Waals surface area contributed by atoms with Crippen LogP contribution in [-0.4, -0.2) is 15.0 Å². The van der Waals surface area contributed by atoms with Gasteiger partial charge in [0.05, 0.1) is 5.02 Å². The maximum absolute atomic E-state index is 12.7. The zero-order valence-corrected chi connectivity index (χ0v) is 10.0. The van der Waals surface area contributed by atoms with E-state index in [4.69, 9.17) is 27.9 Å². The fourth-order valence-electron chi connectivity index (χ4n) is 1.31. The first kappa shape index (κ1) is 11.7. The van der Waals surface area contributed by atoms with Crippen molar-refractivity contribution in [3.8, 4) is 5.75 Å². The van der Waals surface area contributed by atoms with E-state index in [1.807, 2.05) is 0 Å². The van der Waals surface area contributed by atoms with Crippen LogP contribution in [0.15, 0.2) is 17.0 Å². The smallest absolute Gasteiger partial charge is 0.331 e. The summed E-state index contributed by atoms with van der Waals surface area (Å²) in [5, 5.41) is 0.478. The highest BCUT2D eigenvalue weighted by molar-refractivity contribution is 7.90. The number of hydrogen-bond acceptors (Lipinski definition) is 3. The number of benzene rings is 1. The highest BCUT2D eigenvalue weighted by atomic mass is 35.5. The van der Waals surface area contributed by atoms with E-state index in [0.29, 0.717) is 10.6 Å². The molecule has 1 aromatic carbocycles. The summed E-state index contributed by atoms with van der Waals surface area (Å²) in [7, 11) is -4.73. The monoisotopic (exact) mass is 282 g/mol. The molecule has 0 bridgehead atoms. The van der Waals surface area contributed by atoms with Crippen molar-refractivity contribution in [1.29, 1.82) is 0 Å². The molecule has 1 aromatic rings. The summed E-state index contributed by atoms with van der Waals surface area (Å²) >= 11 is 11.6. The molecule has 86 valence electrons. The van der Waals surface area contributed by atoms with Crippen molar-refractivity contribution < 1.29 is 17.0 Å². The molecular weight excluding hydrogens is 278 g/mol. The minimum atomic E-state index is -4.73. The molecule has 0 saturated carbocycles. The van der Waals surface area contributed by atoms with Crippen LogP contribution in [0, 0.1) is 0 Å². The molecule has 0 N–H and O–H groups in total. The normalized spacial score (nSPS) is 15.1. The van der Waals surface area contributed by atoms with Crippen molar-refractivity contribution in [1.82, 2.24) is 0 Å². The first-order chi connectivity index (χ1) is 7.39. The van der Waals surface area contributed by atoms with E-state index in [1.54, 1.807) is 0 Å². The van der Waals surface area contributed by atoms with Crippen molar-refractivity contribution in [3.05, 3.63) is 32.6 Å². The second-order valence-corrected chi connectivity index (χ2v) is 5.30. The van der Waals surface area contributed by atoms with E-state index >= 15 is 0 Å². The third-order valence-corrected chi connectivity index (χ3v) is 3.72. The summed E-state index contributed by atoms with van der Waals surface area (Å²) in [6.07, 6.45) is 1.18. The van der Waals surface area contributed by atoms with Crippen LogP contribution in [0.5, 0.6) is 5.75 Å². The van der Waals surface area contributed by atoms with Gasteiger partial charge in [-0.15, -0.1) is 3.89 Å². The highest BCUT2D eigenvalue weighted by Gasteiger charge is 2.24. The molecular formula is C9H5Cl2FO3S. The Morgan fingerprint density at radius 3 is 2.62 bits per heavy atom. The van der Waals surface area contributed by atoms with Gasteiger partial charge < -0.3 is 4.74 Å². The number of fused-ring (bicyclic) bond motifs is 1. The predicted octanol–water partition coefficient (Wildman–Crippen LogP) is 3.03. The van der Waals surface area contributed by atoms with Crippen LogP contribution in [-0.2, 0) is 10.2 Å². The molecule has 1 aliphatic heterocycles. The Labute approximate surface area is 102 Å². The standard InChI is InChI=1S/C9H5Cl2FO3S/c10-7-2-1-5-3-6(16(12,13)14)4-15-9(5)8(7)11/h1-3H,4H2. The second-order valence-electron chi connectivity index (χ2n) is 3.12. The Morgan fingerprint density at radius 1 is 1.31 bits per heavy atom. The van der Waals surface area contributed by atoms with Crippen LogP contribution in [0.4, 0.5) is 3.89 Å². The fourth-order valence-corrected chi connectivity index (χ4v) is 2.15. The molecule has 0 spiro atoms. The molecule has 7 heteroatoms. The molecule has 0 atom stereocenters. The van der Waals surface area contributed by atoms with Gasteiger partial charge in [-0.05, 0) is 18.2 Å². The quantitative estimate of drug-likeness (QED) is 0.744. The van der Waals surface area contributed by atoms with Crippen molar-refractivity contribution in [2.24, 2.45) is 0 Å². The Bertz CT molecular complexity index is 581. The average molecular weight is 283 g/mol. The zero-order valence-electron chi connectivity index (χ0n) is 7.71.